The van der Waals surface area contributed by atoms with Crippen LogP contribution in [0.15, 0.2) is 24.3 Å². The standard InChI is InChI=1S/C17H23N3O/c21-17(19-13-7-8-20(11-13)14-5-6-14)16-10-18-9-12-3-1-2-4-15(12)16/h1-4,13-14,16,18H,5-11H2,(H,19,21). The monoisotopic (exact) mass is 285 g/mol. The lowest BCUT2D eigenvalue weighted by Gasteiger charge is -2.27. The fraction of sp³-hybridized carbons (Fsp3) is 0.588. The summed E-state index contributed by atoms with van der Waals surface area (Å²) in [6.07, 6.45) is 3.80. The van der Waals surface area contributed by atoms with Crippen LogP contribution in [0.3, 0.4) is 0 Å². The molecule has 2 atom stereocenters. The highest BCUT2D eigenvalue weighted by atomic mass is 16.2. The summed E-state index contributed by atoms with van der Waals surface area (Å²) in [6.45, 7) is 3.81. The van der Waals surface area contributed by atoms with Gasteiger partial charge in [0, 0.05) is 38.3 Å². The summed E-state index contributed by atoms with van der Waals surface area (Å²) in [6, 6.07) is 9.45. The Balaban J connectivity index is 1.41. The SMILES string of the molecule is O=C(NC1CCN(C2CC2)C1)C1CNCc2ccccc21. The molecule has 2 unspecified atom stereocenters. The van der Waals surface area contributed by atoms with Gasteiger partial charge in [0.1, 0.15) is 0 Å². The van der Waals surface area contributed by atoms with Crippen molar-refractivity contribution in [2.75, 3.05) is 19.6 Å². The summed E-state index contributed by atoms with van der Waals surface area (Å²) < 4.78 is 0. The molecular weight excluding hydrogens is 262 g/mol. The maximum atomic E-state index is 12.6. The van der Waals surface area contributed by atoms with Crippen molar-refractivity contribution in [1.29, 1.82) is 0 Å². The van der Waals surface area contributed by atoms with Gasteiger partial charge < -0.3 is 10.6 Å². The highest BCUT2D eigenvalue weighted by Crippen LogP contribution is 2.30. The molecule has 2 fully saturated rings. The van der Waals surface area contributed by atoms with Gasteiger partial charge in [0.25, 0.3) is 0 Å². The van der Waals surface area contributed by atoms with Crippen molar-refractivity contribution in [3.63, 3.8) is 0 Å². The maximum absolute atomic E-state index is 12.6. The number of nitrogens with zero attached hydrogens (tertiary/aromatic N) is 1. The summed E-state index contributed by atoms with van der Waals surface area (Å²) in [5, 5.41) is 6.64. The molecule has 2 heterocycles. The van der Waals surface area contributed by atoms with E-state index in [0.717, 1.165) is 38.6 Å². The molecule has 0 spiro atoms. The van der Waals surface area contributed by atoms with Crippen LogP contribution in [-0.4, -0.2) is 42.5 Å². The van der Waals surface area contributed by atoms with Gasteiger partial charge in [-0.15, -0.1) is 0 Å². The van der Waals surface area contributed by atoms with Crippen LogP contribution in [-0.2, 0) is 11.3 Å². The Hall–Kier alpha value is -1.39. The first-order chi connectivity index (χ1) is 10.3. The van der Waals surface area contributed by atoms with E-state index in [1.165, 1.54) is 24.0 Å². The van der Waals surface area contributed by atoms with Crippen molar-refractivity contribution < 1.29 is 4.79 Å². The number of hydrogen-bond donors (Lipinski definition) is 2. The Bertz CT molecular complexity index is 541. The van der Waals surface area contributed by atoms with Crippen molar-refractivity contribution in [1.82, 2.24) is 15.5 Å². The number of carbonyl (C=O) groups excluding carboxylic acids is 1. The molecule has 1 saturated carbocycles. The van der Waals surface area contributed by atoms with E-state index < -0.39 is 0 Å². The number of benzene rings is 1. The van der Waals surface area contributed by atoms with Crippen LogP contribution in [0.4, 0.5) is 0 Å². The second-order valence-electron chi connectivity index (χ2n) is 6.60. The van der Waals surface area contributed by atoms with Gasteiger partial charge in [0.05, 0.1) is 5.92 Å². The van der Waals surface area contributed by atoms with E-state index in [2.05, 4.69) is 27.7 Å². The smallest absolute Gasteiger partial charge is 0.229 e. The lowest BCUT2D eigenvalue weighted by molar-refractivity contribution is -0.123. The molecule has 1 saturated heterocycles. The molecule has 3 aliphatic rings. The van der Waals surface area contributed by atoms with E-state index in [0.29, 0.717) is 6.04 Å². The highest BCUT2D eigenvalue weighted by Gasteiger charge is 2.36. The summed E-state index contributed by atoms with van der Waals surface area (Å²) >= 11 is 0. The zero-order valence-electron chi connectivity index (χ0n) is 12.3. The number of hydrogen-bond acceptors (Lipinski definition) is 3. The quantitative estimate of drug-likeness (QED) is 0.878. The first-order valence-electron chi connectivity index (χ1n) is 8.14. The van der Waals surface area contributed by atoms with Crippen LogP contribution < -0.4 is 10.6 Å². The Kier molecular flexibility index (Phi) is 3.43. The van der Waals surface area contributed by atoms with Crippen molar-refractivity contribution in [3.05, 3.63) is 35.4 Å². The first kappa shape index (κ1) is 13.3. The number of carbonyl (C=O) groups is 1. The van der Waals surface area contributed by atoms with Crippen LogP contribution in [0.1, 0.15) is 36.3 Å². The molecule has 4 rings (SSSR count). The van der Waals surface area contributed by atoms with E-state index in [9.17, 15) is 4.79 Å². The summed E-state index contributed by atoms with van der Waals surface area (Å²) in [5.41, 5.74) is 2.46. The topological polar surface area (TPSA) is 44.4 Å². The predicted octanol–water partition coefficient (Wildman–Crippen LogP) is 1.23. The fourth-order valence-electron chi connectivity index (χ4n) is 3.71. The third-order valence-corrected chi connectivity index (χ3v) is 5.04. The van der Waals surface area contributed by atoms with Crippen molar-refractivity contribution in [2.45, 2.75) is 43.8 Å². The largest absolute Gasteiger partial charge is 0.351 e. The highest BCUT2D eigenvalue weighted by molar-refractivity contribution is 5.85. The minimum Gasteiger partial charge on any atom is -0.351 e. The molecule has 1 amide bonds. The summed E-state index contributed by atoms with van der Waals surface area (Å²) in [5.74, 6) is 0.155. The van der Waals surface area contributed by atoms with Crippen LogP contribution in [0, 0.1) is 0 Å². The van der Waals surface area contributed by atoms with Gasteiger partial charge in [0.2, 0.25) is 5.91 Å². The number of rotatable bonds is 3. The van der Waals surface area contributed by atoms with Crippen molar-refractivity contribution >= 4 is 5.91 Å². The van der Waals surface area contributed by atoms with Crippen molar-refractivity contribution in [3.8, 4) is 0 Å². The zero-order chi connectivity index (χ0) is 14.2. The van der Waals surface area contributed by atoms with Crippen LogP contribution in [0.2, 0.25) is 0 Å². The Morgan fingerprint density at radius 1 is 1.24 bits per heavy atom. The molecule has 4 nitrogen and oxygen atoms in total. The molecule has 0 bridgehead atoms. The molecular formula is C17H23N3O. The lowest BCUT2D eigenvalue weighted by Crippen LogP contribution is -2.44. The number of nitrogens with one attached hydrogen (secondary N) is 2. The van der Waals surface area contributed by atoms with Gasteiger partial charge >= 0.3 is 0 Å². The number of amides is 1. The average molecular weight is 285 g/mol. The maximum Gasteiger partial charge on any atom is 0.229 e. The lowest BCUT2D eigenvalue weighted by atomic mass is 9.90. The second kappa shape index (κ2) is 5.43. The van der Waals surface area contributed by atoms with Gasteiger partial charge in [-0.1, -0.05) is 24.3 Å². The summed E-state index contributed by atoms with van der Waals surface area (Å²) in [4.78, 5) is 15.2. The molecule has 2 aliphatic heterocycles. The molecule has 0 aromatic heterocycles. The van der Waals surface area contributed by atoms with Crippen LogP contribution >= 0.6 is 0 Å². The Morgan fingerprint density at radius 3 is 2.95 bits per heavy atom. The third kappa shape index (κ3) is 2.70. The molecule has 1 aliphatic carbocycles. The predicted molar refractivity (Wildman–Crippen MR) is 82.0 cm³/mol. The van der Waals surface area contributed by atoms with Gasteiger partial charge in [0.15, 0.2) is 0 Å². The second-order valence-corrected chi connectivity index (χ2v) is 6.60. The minimum atomic E-state index is -0.0371. The van der Waals surface area contributed by atoms with E-state index in [-0.39, 0.29) is 11.8 Å². The molecule has 112 valence electrons. The molecule has 21 heavy (non-hydrogen) atoms. The molecule has 0 radical (unpaired) electrons. The summed E-state index contributed by atoms with van der Waals surface area (Å²) in [7, 11) is 0. The van der Waals surface area contributed by atoms with Gasteiger partial charge in [-0.2, -0.15) is 0 Å². The van der Waals surface area contributed by atoms with Crippen LogP contribution in [0.25, 0.3) is 0 Å². The molecule has 4 heteroatoms. The van der Waals surface area contributed by atoms with E-state index >= 15 is 0 Å². The molecule has 2 N–H and O–H groups in total. The van der Waals surface area contributed by atoms with Crippen molar-refractivity contribution in [2.24, 2.45) is 0 Å². The number of fused-ring (bicyclic) bond motifs is 1. The van der Waals surface area contributed by atoms with Gasteiger partial charge in [-0.3, -0.25) is 9.69 Å². The molecule has 1 aromatic rings. The van der Waals surface area contributed by atoms with E-state index in [1.54, 1.807) is 0 Å². The Labute approximate surface area is 125 Å². The van der Waals surface area contributed by atoms with E-state index in [4.69, 9.17) is 0 Å². The Morgan fingerprint density at radius 2 is 2.10 bits per heavy atom. The minimum absolute atomic E-state index is 0.0371. The third-order valence-electron chi connectivity index (χ3n) is 5.04. The zero-order valence-corrected chi connectivity index (χ0v) is 12.3. The van der Waals surface area contributed by atoms with Gasteiger partial charge in [-0.25, -0.2) is 0 Å². The normalized spacial score (nSPS) is 29.1. The van der Waals surface area contributed by atoms with Crippen LogP contribution in [0.5, 0.6) is 0 Å². The molecule has 1 aromatic carbocycles. The number of likely N-dealkylation sites (tertiary alicyclic amines) is 1. The van der Waals surface area contributed by atoms with E-state index in [1.807, 2.05) is 12.1 Å². The first-order valence-corrected chi connectivity index (χ1v) is 8.14. The van der Waals surface area contributed by atoms with Gasteiger partial charge in [-0.05, 0) is 30.4 Å². The average Bonchev–Trinajstić information content (AvgIpc) is 3.27. The fourth-order valence-corrected chi connectivity index (χ4v) is 3.71.